The summed E-state index contributed by atoms with van der Waals surface area (Å²) in [7, 11) is 3.74. The average molecular weight is 347 g/mol. The minimum atomic E-state index is 0.0619. The summed E-state index contributed by atoms with van der Waals surface area (Å²) in [6.45, 7) is 5.05. The van der Waals surface area contributed by atoms with Gasteiger partial charge < -0.3 is 15.1 Å². The number of nitrogens with one attached hydrogen (secondary N) is 1. The second-order valence-corrected chi connectivity index (χ2v) is 7.09. The van der Waals surface area contributed by atoms with Crippen molar-refractivity contribution in [3.8, 4) is 0 Å². The van der Waals surface area contributed by atoms with Gasteiger partial charge in [0, 0.05) is 45.7 Å². The van der Waals surface area contributed by atoms with E-state index in [2.05, 4.69) is 10.4 Å². The molecule has 138 valence electrons. The normalized spacial score (nSPS) is 23.7. The quantitative estimate of drug-likeness (QED) is 0.849. The Morgan fingerprint density at radius 1 is 1.40 bits per heavy atom. The second kappa shape index (κ2) is 7.56. The number of rotatable bonds is 5. The van der Waals surface area contributed by atoms with Crippen LogP contribution in [0.1, 0.15) is 42.4 Å². The van der Waals surface area contributed by atoms with Gasteiger partial charge in [-0.05, 0) is 38.3 Å². The Hall–Kier alpha value is -1.89. The first-order valence-electron chi connectivity index (χ1n) is 9.31. The van der Waals surface area contributed by atoms with Crippen LogP contribution in [0.3, 0.4) is 0 Å². The molecule has 0 bridgehead atoms. The topological polar surface area (TPSA) is 70.5 Å². The Morgan fingerprint density at radius 3 is 2.88 bits per heavy atom. The Labute approximate surface area is 149 Å². The fourth-order valence-corrected chi connectivity index (χ4v) is 4.12. The molecule has 3 heterocycles. The van der Waals surface area contributed by atoms with Crippen molar-refractivity contribution in [2.45, 2.75) is 38.6 Å². The largest absolute Gasteiger partial charge is 0.338 e. The van der Waals surface area contributed by atoms with E-state index in [1.807, 2.05) is 36.9 Å². The number of carbonyl (C=O) groups is 2. The Morgan fingerprint density at radius 2 is 2.20 bits per heavy atom. The van der Waals surface area contributed by atoms with Crippen molar-refractivity contribution in [2.24, 2.45) is 13.0 Å². The lowest BCUT2D eigenvalue weighted by Crippen LogP contribution is -2.57. The highest BCUT2D eigenvalue weighted by Crippen LogP contribution is 2.31. The van der Waals surface area contributed by atoms with E-state index in [4.69, 9.17) is 0 Å². The van der Waals surface area contributed by atoms with Crippen LogP contribution in [-0.2, 0) is 18.3 Å². The van der Waals surface area contributed by atoms with Gasteiger partial charge in [-0.25, -0.2) is 0 Å². The highest BCUT2D eigenvalue weighted by molar-refractivity contribution is 5.92. The number of carbonyl (C=O) groups excluding carboxylic acids is 2. The van der Waals surface area contributed by atoms with Gasteiger partial charge >= 0.3 is 0 Å². The van der Waals surface area contributed by atoms with Gasteiger partial charge in [0.25, 0.3) is 5.91 Å². The molecule has 2 amide bonds. The Kier molecular flexibility index (Phi) is 5.42. The molecule has 25 heavy (non-hydrogen) atoms. The van der Waals surface area contributed by atoms with Gasteiger partial charge in [-0.3, -0.25) is 14.3 Å². The maximum absolute atomic E-state index is 12.9. The molecule has 2 atom stereocenters. The predicted octanol–water partition coefficient (Wildman–Crippen LogP) is 0.655. The van der Waals surface area contributed by atoms with Crippen LogP contribution >= 0.6 is 0 Å². The number of fused-ring (bicyclic) bond motifs is 1. The third kappa shape index (κ3) is 3.56. The molecule has 0 saturated carbocycles. The summed E-state index contributed by atoms with van der Waals surface area (Å²) >= 11 is 0. The molecule has 1 aromatic rings. The molecule has 1 N–H and O–H groups in total. The van der Waals surface area contributed by atoms with Crippen molar-refractivity contribution in [3.63, 3.8) is 0 Å². The highest BCUT2D eigenvalue weighted by atomic mass is 16.2. The number of aryl methyl sites for hydroxylation is 2. The van der Waals surface area contributed by atoms with E-state index in [9.17, 15) is 9.59 Å². The van der Waals surface area contributed by atoms with Crippen LogP contribution in [0.15, 0.2) is 6.07 Å². The molecule has 0 aliphatic carbocycles. The summed E-state index contributed by atoms with van der Waals surface area (Å²) in [6, 6.07) is 2.18. The van der Waals surface area contributed by atoms with Crippen molar-refractivity contribution in [3.05, 3.63) is 17.5 Å². The van der Waals surface area contributed by atoms with Gasteiger partial charge in [0.05, 0.1) is 5.69 Å². The minimum absolute atomic E-state index is 0.0619. The molecule has 2 saturated heterocycles. The Balaban J connectivity index is 1.69. The molecule has 0 unspecified atom stereocenters. The lowest BCUT2D eigenvalue weighted by molar-refractivity contribution is -0.140. The molecule has 7 heteroatoms. The van der Waals surface area contributed by atoms with Gasteiger partial charge in [0.2, 0.25) is 5.91 Å². The zero-order valence-corrected chi connectivity index (χ0v) is 15.5. The summed E-state index contributed by atoms with van der Waals surface area (Å²) in [6.07, 6.45) is 3.17. The molecular weight excluding hydrogens is 318 g/mol. The standard InChI is InChI=1S/C18H29N5O2/c1-4-14-11-16(21(3)20-14)18(25)22-9-7-15-13(12-22)5-6-17(24)23(15)10-8-19-2/h11,13,15,19H,4-10,12H2,1-3H3/t13-,15+/m0/s1. The monoisotopic (exact) mass is 347 g/mol. The molecule has 2 aliphatic heterocycles. The maximum Gasteiger partial charge on any atom is 0.272 e. The molecule has 1 aromatic heterocycles. The second-order valence-electron chi connectivity index (χ2n) is 7.09. The van der Waals surface area contributed by atoms with E-state index in [-0.39, 0.29) is 17.9 Å². The van der Waals surface area contributed by atoms with Crippen molar-refractivity contribution in [2.75, 3.05) is 33.2 Å². The lowest BCUT2D eigenvalue weighted by atomic mass is 9.83. The SMILES string of the molecule is CCc1cc(C(=O)N2CC[C@@H]3[C@@H](CCC(=O)N3CCNC)C2)n(C)n1. The smallest absolute Gasteiger partial charge is 0.272 e. The first-order chi connectivity index (χ1) is 12.0. The van der Waals surface area contributed by atoms with Crippen LogP contribution in [0.4, 0.5) is 0 Å². The molecule has 7 nitrogen and oxygen atoms in total. The summed E-state index contributed by atoms with van der Waals surface area (Å²) < 4.78 is 1.69. The molecule has 3 rings (SSSR count). The zero-order valence-electron chi connectivity index (χ0n) is 15.5. The fraction of sp³-hybridized carbons (Fsp3) is 0.722. The van der Waals surface area contributed by atoms with Gasteiger partial charge in [0.15, 0.2) is 0 Å². The van der Waals surface area contributed by atoms with Crippen LogP contribution in [0.25, 0.3) is 0 Å². The van der Waals surface area contributed by atoms with Crippen molar-refractivity contribution in [1.82, 2.24) is 24.9 Å². The van der Waals surface area contributed by atoms with Crippen molar-refractivity contribution >= 4 is 11.8 Å². The predicted molar refractivity (Wildman–Crippen MR) is 95.3 cm³/mol. The van der Waals surface area contributed by atoms with Crippen molar-refractivity contribution < 1.29 is 9.59 Å². The molecule has 2 aliphatic rings. The highest BCUT2D eigenvalue weighted by Gasteiger charge is 2.40. The third-order valence-electron chi connectivity index (χ3n) is 5.55. The molecule has 2 fully saturated rings. The summed E-state index contributed by atoms with van der Waals surface area (Å²) in [5, 5.41) is 7.52. The fourth-order valence-electron chi connectivity index (χ4n) is 4.12. The van der Waals surface area contributed by atoms with E-state index >= 15 is 0 Å². The van der Waals surface area contributed by atoms with E-state index in [0.29, 0.717) is 24.6 Å². The number of likely N-dealkylation sites (N-methyl/N-ethyl adjacent to an activating group) is 1. The first-order valence-corrected chi connectivity index (χ1v) is 9.31. The van der Waals surface area contributed by atoms with Gasteiger partial charge in [0.1, 0.15) is 5.69 Å². The maximum atomic E-state index is 12.9. The Bertz CT molecular complexity index is 641. The van der Waals surface area contributed by atoms with Gasteiger partial charge in [-0.2, -0.15) is 5.10 Å². The van der Waals surface area contributed by atoms with Crippen LogP contribution < -0.4 is 5.32 Å². The number of likely N-dealkylation sites (tertiary alicyclic amines) is 2. The first kappa shape index (κ1) is 17.9. The zero-order chi connectivity index (χ0) is 18.0. The summed E-state index contributed by atoms with van der Waals surface area (Å²) in [5.74, 6) is 0.702. The number of hydrogen-bond donors (Lipinski definition) is 1. The number of amides is 2. The van der Waals surface area contributed by atoms with Crippen LogP contribution in [0, 0.1) is 5.92 Å². The van der Waals surface area contributed by atoms with Crippen molar-refractivity contribution in [1.29, 1.82) is 0 Å². The number of hydrogen-bond acceptors (Lipinski definition) is 4. The third-order valence-corrected chi connectivity index (χ3v) is 5.55. The lowest BCUT2D eigenvalue weighted by Gasteiger charge is -2.47. The molecular formula is C18H29N5O2. The number of nitrogens with zero attached hydrogens (tertiary/aromatic N) is 4. The minimum Gasteiger partial charge on any atom is -0.338 e. The van der Waals surface area contributed by atoms with Gasteiger partial charge in [-0.1, -0.05) is 6.92 Å². The number of piperidine rings is 2. The summed E-state index contributed by atoms with van der Waals surface area (Å²) in [5.41, 5.74) is 1.61. The van der Waals surface area contributed by atoms with E-state index in [1.165, 1.54) is 0 Å². The molecule has 0 spiro atoms. The molecule has 0 aromatic carbocycles. The molecule has 0 radical (unpaired) electrons. The van der Waals surface area contributed by atoms with Crippen LogP contribution in [0.5, 0.6) is 0 Å². The van der Waals surface area contributed by atoms with Crippen LogP contribution in [-0.4, -0.2) is 70.7 Å². The summed E-state index contributed by atoms with van der Waals surface area (Å²) in [4.78, 5) is 29.2. The van der Waals surface area contributed by atoms with E-state index in [0.717, 1.165) is 44.6 Å². The van der Waals surface area contributed by atoms with E-state index in [1.54, 1.807) is 4.68 Å². The van der Waals surface area contributed by atoms with Gasteiger partial charge in [-0.15, -0.1) is 0 Å². The average Bonchev–Trinajstić information content (AvgIpc) is 3.01. The number of aromatic nitrogens is 2. The van der Waals surface area contributed by atoms with E-state index < -0.39 is 0 Å². The van der Waals surface area contributed by atoms with Crippen LogP contribution in [0.2, 0.25) is 0 Å².